The fourth-order valence-corrected chi connectivity index (χ4v) is 2.30. The third-order valence-electron chi connectivity index (χ3n) is 3.57. The second kappa shape index (κ2) is 8.00. The van der Waals surface area contributed by atoms with Gasteiger partial charge in [-0.25, -0.2) is 0 Å². The number of amides is 1. The van der Waals surface area contributed by atoms with Crippen molar-refractivity contribution in [3.63, 3.8) is 0 Å². The van der Waals surface area contributed by atoms with Gasteiger partial charge in [0.25, 0.3) is 0 Å². The van der Waals surface area contributed by atoms with Crippen LogP contribution in [0.15, 0.2) is 48.5 Å². The molecule has 0 aliphatic carbocycles. The maximum atomic E-state index is 12.3. The summed E-state index contributed by atoms with van der Waals surface area (Å²) in [6, 6.07) is 16.7. The van der Waals surface area contributed by atoms with Crippen LogP contribution in [-0.2, 0) is 11.2 Å². The number of carbonyl (C=O) groups is 1. The molecule has 0 unspecified atom stereocenters. The average Bonchev–Trinajstić information content (AvgIpc) is 2.57. The highest BCUT2D eigenvalue weighted by Gasteiger charge is 2.14. The van der Waals surface area contributed by atoms with Gasteiger partial charge in [-0.05, 0) is 43.2 Å². The van der Waals surface area contributed by atoms with Crippen molar-refractivity contribution in [2.45, 2.75) is 32.7 Å². The second-order valence-electron chi connectivity index (χ2n) is 5.46. The number of benzene rings is 2. The van der Waals surface area contributed by atoms with Gasteiger partial charge >= 0.3 is 0 Å². The largest absolute Gasteiger partial charge is 0.374 e. The third kappa shape index (κ3) is 4.58. The number of carbonyl (C=O) groups excluding carboxylic acids is 1. The van der Waals surface area contributed by atoms with Crippen molar-refractivity contribution in [1.82, 2.24) is 0 Å². The van der Waals surface area contributed by atoms with Crippen LogP contribution >= 0.6 is 0 Å². The van der Waals surface area contributed by atoms with Gasteiger partial charge in [0.2, 0.25) is 5.91 Å². The molecule has 1 amide bonds. The Balaban J connectivity index is 1.98. The van der Waals surface area contributed by atoms with Crippen LogP contribution in [-0.4, -0.2) is 11.9 Å². The SMILES string of the molecule is CCCc1ccc(N[C@@H](C)C(=O)Nc2ccccc2C#N)cc1. The van der Waals surface area contributed by atoms with E-state index >= 15 is 0 Å². The van der Waals surface area contributed by atoms with Gasteiger partial charge in [-0.2, -0.15) is 5.26 Å². The smallest absolute Gasteiger partial charge is 0.246 e. The molecule has 2 aromatic carbocycles. The van der Waals surface area contributed by atoms with Crippen LogP contribution in [0.4, 0.5) is 11.4 Å². The van der Waals surface area contributed by atoms with Gasteiger partial charge in [0.05, 0.1) is 11.3 Å². The minimum absolute atomic E-state index is 0.176. The van der Waals surface area contributed by atoms with Crippen LogP contribution in [0.2, 0.25) is 0 Å². The summed E-state index contributed by atoms with van der Waals surface area (Å²) in [4.78, 5) is 12.3. The van der Waals surface area contributed by atoms with E-state index in [9.17, 15) is 4.79 Å². The van der Waals surface area contributed by atoms with Crippen molar-refractivity contribution in [2.75, 3.05) is 10.6 Å². The van der Waals surface area contributed by atoms with Crippen molar-refractivity contribution in [3.8, 4) is 6.07 Å². The van der Waals surface area contributed by atoms with Gasteiger partial charge in [0.1, 0.15) is 12.1 Å². The van der Waals surface area contributed by atoms with Crippen LogP contribution in [0.25, 0.3) is 0 Å². The van der Waals surface area contributed by atoms with E-state index in [0.717, 1.165) is 18.5 Å². The van der Waals surface area contributed by atoms with Crippen LogP contribution < -0.4 is 10.6 Å². The number of hydrogen-bond donors (Lipinski definition) is 2. The number of nitrogens with zero attached hydrogens (tertiary/aromatic N) is 1. The Labute approximate surface area is 137 Å². The first-order chi connectivity index (χ1) is 11.1. The van der Waals surface area contributed by atoms with Crippen molar-refractivity contribution in [1.29, 1.82) is 5.26 Å². The fourth-order valence-electron chi connectivity index (χ4n) is 2.30. The Morgan fingerprint density at radius 1 is 1.17 bits per heavy atom. The minimum Gasteiger partial charge on any atom is -0.374 e. The Kier molecular flexibility index (Phi) is 5.76. The summed E-state index contributed by atoms with van der Waals surface area (Å²) in [7, 11) is 0. The molecule has 0 aromatic heterocycles. The first-order valence-corrected chi connectivity index (χ1v) is 7.79. The first kappa shape index (κ1) is 16.6. The molecule has 1 atom stereocenters. The zero-order valence-electron chi connectivity index (χ0n) is 13.5. The molecule has 118 valence electrons. The number of para-hydroxylation sites is 1. The van der Waals surface area contributed by atoms with E-state index in [0.29, 0.717) is 11.3 Å². The molecule has 0 saturated heterocycles. The lowest BCUT2D eigenvalue weighted by molar-refractivity contribution is -0.116. The number of hydrogen-bond acceptors (Lipinski definition) is 3. The normalized spacial score (nSPS) is 11.3. The molecule has 0 aliphatic heterocycles. The molecule has 4 nitrogen and oxygen atoms in total. The van der Waals surface area contributed by atoms with Crippen molar-refractivity contribution in [3.05, 3.63) is 59.7 Å². The van der Waals surface area contributed by atoms with Crippen molar-refractivity contribution >= 4 is 17.3 Å². The molecule has 0 heterocycles. The Bertz CT molecular complexity index is 701. The van der Waals surface area contributed by atoms with Gasteiger partial charge in [-0.1, -0.05) is 37.6 Å². The van der Waals surface area contributed by atoms with E-state index in [-0.39, 0.29) is 5.91 Å². The van der Waals surface area contributed by atoms with Crippen molar-refractivity contribution < 1.29 is 4.79 Å². The first-order valence-electron chi connectivity index (χ1n) is 7.79. The van der Waals surface area contributed by atoms with E-state index in [4.69, 9.17) is 5.26 Å². The molecule has 23 heavy (non-hydrogen) atoms. The van der Waals surface area contributed by atoms with Gasteiger partial charge in [-0.15, -0.1) is 0 Å². The molecule has 2 rings (SSSR count). The number of anilines is 2. The van der Waals surface area contributed by atoms with Gasteiger partial charge in [-0.3, -0.25) is 4.79 Å². The molecule has 0 fully saturated rings. The highest BCUT2D eigenvalue weighted by Crippen LogP contribution is 2.15. The Morgan fingerprint density at radius 2 is 1.87 bits per heavy atom. The lowest BCUT2D eigenvalue weighted by Crippen LogP contribution is -2.32. The van der Waals surface area contributed by atoms with Crippen LogP contribution in [0, 0.1) is 11.3 Å². The van der Waals surface area contributed by atoms with E-state index in [2.05, 4.69) is 35.8 Å². The topological polar surface area (TPSA) is 64.9 Å². The Hall–Kier alpha value is -2.80. The molecule has 0 bridgehead atoms. The maximum absolute atomic E-state index is 12.3. The molecular formula is C19H21N3O. The lowest BCUT2D eigenvalue weighted by atomic mass is 10.1. The standard InChI is InChI=1S/C19H21N3O/c1-3-6-15-9-11-17(12-10-15)21-14(2)19(23)22-18-8-5-4-7-16(18)13-20/h4-5,7-12,14,21H,3,6H2,1-2H3,(H,22,23)/t14-/m0/s1. The van der Waals surface area contributed by atoms with Crippen molar-refractivity contribution in [2.24, 2.45) is 0 Å². The predicted octanol–water partition coefficient (Wildman–Crippen LogP) is 3.95. The van der Waals surface area contributed by atoms with Crippen LogP contribution in [0.3, 0.4) is 0 Å². The highest BCUT2D eigenvalue weighted by atomic mass is 16.2. The molecule has 2 N–H and O–H groups in total. The zero-order valence-corrected chi connectivity index (χ0v) is 13.5. The van der Waals surface area contributed by atoms with E-state index in [1.807, 2.05) is 12.1 Å². The van der Waals surface area contributed by atoms with Crippen LogP contribution in [0.1, 0.15) is 31.4 Å². The maximum Gasteiger partial charge on any atom is 0.246 e. The summed E-state index contributed by atoms with van der Waals surface area (Å²) in [5.41, 5.74) is 3.18. The number of nitriles is 1. The van der Waals surface area contributed by atoms with E-state index < -0.39 is 6.04 Å². The van der Waals surface area contributed by atoms with Crippen LogP contribution in [0.5, 0.6) is 0 Å². The molecule has 4 heteroatoms. The van der Waals surface area contributed by atoms with Gasteiger partial charge in [0.15, 0.2) is 0 Å². The van der Waals surface area contributed by atoms with Gasteiger partial charge < -0.3 is 10.6 Å². The summed E-state index contributed by atoms with van der Waals surface area (Å²) in [6.07, 6.45) is 2.17. The van der Waals surface area contributed by atoms with E-state index in [1.54, 1.807) is 31.2 Å². The molecule has 0 saturated carbocycles. The Morgan fingerprint density at radius 3 is 2.52 bits per heavy atom. The summed E-state index contributed by atoms with van der Waals surface area (Å²) >= 11 is 0. The number of aryl methyl sites for hydroxylation is 1. The number of rotatable bonds is 6. The molecule has 0 spiro atoms. The second-order valence-corrected chi connectivity index (χ2v) is 5.46. The third-order valence-corrected chi connectivity index (χ3v) is 3.57. The highest BCUT2D eigenvalue weighted by molar-refractivity contribution is 5.97. The molecule has 0 aliphatic rings. The lowest BCUT2D eigenvalue weighted by Gasteiger charge is -2.16. The molecule has 2 aromatic rings. The van der Waals surface area contributed by atoms with E-state index in [1.165, 1.54) is 5.56 Å². The van der Waals surface area contributed by atoms with Gasteiger partial charge in [0, 0.05) is 5.69 Å². The summed E-state index contributed by atoms with van der Waals surface area (Å²) in [5, 5.41) is 15.0. The predicted molar refractivity (Wildman–Crippen MR) is 93.3 cm³/mol. The fraction of sp³-hybridized carbons (Fsp3) is 0.263. The number of nitrogens with one attached hydrogen (secondary N) is 2. The zero-order chi connectivity index (χ0) is 16.7. The summed E-state index contributed by atoms with van der Waals surface area (Å²) in [5.74, 6) is -0.176. The summed E-state index contributed by atoms with van der Waals surface area (Å²) < 4.78 is 0. The monoisotopic (exact) mass is 307 g/mol. The quantitative estimate of drug-likeness (QED) is 0.849. The minimum atomic E-state index is -0.404. The average molecular weight is 307 g/mol. The molecule has 0 radical (unpaired) electrons. The summed E-state index contributed by atoms with van der Waals surface area (Å²) in [6.45, 7) is 3.95. The molecular weight excluding hydrogens is 286 g/mol.